The van der Waals surface area contributed by atoms with Gasteiger partial charge in [0.1, 0.15) is 13.2 Å². The van der Waals surface area contributed by atoms with Crippen LogP contribution in [0.3, 0.4) is 0 Å². The Morgan fingerprint density at radius 3 is 2.42 bits per heavy atom. The van der Waals surface area contributed by atoms with E-state index in [2.05, 4.69) is 16.9 Å². The van der Waals surface area contributed by atoms with E-state index in [1.54, 1.807) is 26.0 Å². The van der Waals surface area contributed by atoms with E-state index in [-0.39, 0.29) is 0 Å². The highest BCUT2D eigenvalue weighted by atomic mass is 32.2. The van der Waals surface area contributed by atoms with E-state index in [4.69, 9.17) is 14.2 Å². The first-order chi connectivity index (χ1) is 9.30. The number of benzene rings is 1. The van der Waals surface area contributed by atoms with Gasteiger partial charge in [-0.25, -0.2) is 4.58 Å². The fourth-order valence-corrected chi connectivity index (χ4v) is 2.97. The van der Waals surface area contributed by atoms with Gasteiger partial charge in [0.05, 0.1) is 19.8 Å². The molecule has 1 saturated heterocycles. The number of hydrogen-bond acceptors (Lipinski definition) is 4. The van der Waals surface area contributed by atoms with Gasteiger partial charge in [0.15, 0.2) is 24.6 Å². The molecule has 104 valence electrons. The van der Waals surface area contributed by atoms with Gasteiger partial charge < -0.3 is 14.2 Å². The predicted octanol–water partition coefficient (Wildman–Crippen LogP) is 1.86. The quantitative estimate of drug-likeness (QED) is 0.625. The van der Waals surface area contributed by atoms with Gasteiger partial charge in [-0.1, -0.05) is 11.8 Å². The fraction of sp³-hybridized carbons (Fsp3) is 0.500. The Labute approximate surface area is 118 Å². The van der Waals surface area contributed by atoms with Crippen LogP contribution in [0.1, 0.15) is 5.56 Å². The minimum Gasteiger partial charge on any atom is -0.493 e. The first-order valence-electron chi connectivity index (χ1n) is 6.26. The zero-order chi connectivity index (χ0) is 13.7. The molecular formula is C14H20NO3S+. The van der Waals surface area contributed by atoms with E-state index in [0.717, 1.165) is 43.4 Å². The maximum Gasteiger partial charge on any atom is 0.242 e. The Morgan fingerprint density at radius 1 is 1.16 bits per heavy atom. The summed E-state index contributed by atoms with van der Waals surface area (Å²) in [6.45, 7) is 3.45. The maximum atomic E-state index is 5.40. The lowest BCUT2D eigenvalue weighted by Gasteiger charge is -2.15. The summed E-state index contributed by atoms with van der Waals surface area (Å²) in [5.74, 6) is 1.52. The summed E-state index contributed by atoms with van der Waals surface area (Å²) in [5.41, 5.74) is 1.16. The Balaban J connectivity index is 2.38. The van der Waals surface area contributed by atoms with Crippen molar-refractivity contribution in [1.82, 2.24) is 0 Å². The molecule has 0 aliphatic carbocycles. The maximum absolute atomic E-state index is 5.40. The molecule has 0 unspecified atom stereocenters. The smallest absolute Gasteiger partial charge is 0.242 e. The Morgan fingerprint density at radius 2 is 1.84 bits per heavy atom. The molecule has 0 spiro atoms. The molecule has 5 heteroatoms. The minimum absolute atomic E-state index is 0.758. The molecule has 1 aromatic carbocycles. The van der Waals surface area contributed by atoms with Crippen molar-refractivity contribution in [2.24, 2.45) is 0 Å². The van der Waals surface area contributed by atoms with Gasteiger partial charge in [0.2, 0.25) is 5.04 Å². The Hall–Kier alpha value is -1.20. The zero-order valence-electron chi connectivity index (χ0n) is 11.6. The molecule has 1 aliphatic heterocycles. The summed E-state index contributed by atoms with van der Waals surface area (Å²) in [5, 5.41) is 1.25. The highest BCUT2D eigenvalue weighted by Gasteiger charge is 2.20. The third kappa shape index (κ3) is 3.22. The van der Waals surface area contributed by atoms with Crippen LogP contribution in [-0.4, -0.2) is 56.4 Å². The molecule has 0 N–H and O–H groups in total. The van der Waals surface area contributed by atoms with E-state index in [0.29, 0.717) is 0 Å². The van der Waals surface area contributed by atoms with Gasteiger partial charge >= 0.3 is 0 Å². The van der Waals surface area contributed by atoms with Gasteiger partial charge in [-0.2, -0.15) is 0 Å². The Bertz CT molecular complexity index is 466. The topological polar surface area (TPSA) is 30.7 Å². The fourth-order valence-electron chi connectivity index (χ4n) is 2.17. The van der Waals surface area contributed by atoms with Crippen LogP contribution in [0.5, 0.6) is 11.5 Å². The van der Waals surface area contributed by atoms with E-state index in [9.17, 15) is 0 Å². The average Bonchev–Trinajstić information content (AvgIpc) is 2.49. The first kappa shape index (κ1) is 14.2. The van der Waals surface area contributed by atoms with Crippen molar-refractivity contribution in [3.8, 4) is 11.5 Å². The summed E-state index contributed by atoms with van der Waals surface area (Å²) in [4.78, 5) is 0. The molecule has 0 amide bonds. The van der Waals surface area contributed by atoms with Crippen LogP contribution in [0.4, 0.5) is 0 Å². The molecule has 1 aliphatic rings. The van der Waals surface area contributed by atoms with Crippen molar-refractivity contribution >= 4 is 16.8 Å². The second kappa shape index (κ2) is 6.82. The van der Waals surface area contributed by atoms with Gasteiger partial charge in [-0.15, -0.1) is 0 Å². The lowest BCUT2D eigenvalue weighted by Crippen LogP contribution is -2.32. The summed E-state index contributed by atoms with van der Waals surface area (Å²) < 4.78 is 18.4. The largest absolute Gasteiger partial charge is 0.493 e. The zero-order valence-corrected chi connectivity index (χ0v) is 12.5. The van der Waals surface area contributed by atoms with Gasteiger partial charge in [-0.05, 0) is 24.5 Å². The average molecular weight is 282 g/mol. The number of ether oxygens (including phenoxy) is 3. The van der Waals surface area contributed by atoms with Crippen LogP contribution < -0.4 is 9.47 Å². The number of morpholine rings is 1. The SMILES string of the molecule is COc1ccc(C(SC)=[N+]2CCOCC2)cc1OC. The predicted molar refractivity (Wildman–Crippen MR) is 78.0 cm³/mol. The summed E-state index contributed by atoms with van der Waals surface area (Å²) in [7, 11) is 3.31. The van der Waals surface area contributed by atoms with Crippen molar-refractivity contribution in [3.63, 3.8) is 0 Å². The number of thioether (sulfide) groups is 1. The Kier molecular flexibility index (Phi) is 5.10. The molecule has 19 heavy (non-hydrogen) atoms. The normalized spacial score (nSPS) is 15.2. The van der Waals surface area contributed by atoms with Crippen LogP contribution in [0.25, 0.3) is 0 Å². The van der Waals surface area contributed by atoms with Crippen molar-refractivity contribution < 1.29 is 18.8 Å². The second-order valence-corrected chi connectivity index (χ2v) is 4.97. The second-order valence-electron chi connectivity index (χ2n) is 4.18. The van der Waals surface area contributed by atoms with Crippen LogP contribution in [0.15, 0.2) is 18.2 Å². The molecule has 2 rings (SSSR count). The summed E-state index contributed by atoms with van der Waals surface area (Å²) >= 11 is 1.75. The lowest BCUT2D eigenvalue weighted by atomic mass is 10.2. The van der Waals surface area contributed by atoms with E-state index in [1.165, 1.54) is 5.04 Å². The van der Waals surface area contributed by atoms with Crippen LogP contribution in [0, 0.1) is 0 Å². The number of hydrogen-bond donors (Lipinski definition) is 0. The van der Waals surface area contributed by atoms with Gasteiger partial charge in [0, 0.05) is 0 Å². The minimum atomic E-state index is 0.758. The third-order valence-corrected chi connectivity index (χ3v) is 4.00. The molecule has 1 heterocycles. The number of nitrogens with zero attached hydrogens (tertiary/aromatic N) is 1. The summed E-state index contributed by atoms with van der Waals surface area (Å²) in [6, 6.07) is 6.05. The molecule has 1 fully saturated rings. The molecule has 0 radical (unpaired) electrons. The highest BCUT2D eigenvalue weighted by Crippen LogP contribution is 2.29. The standard InChI is InChI=1S/C14H20NO3S/c1-16-12-5-4-11(10-13(12)17-2)14(19-3)15-6-8-18-9-7-15/h4-5,10H,6-9H2,1-3H3/q+1. The van der Waals surface area contributed by atoms with E-state index < -0.39 is 0 Å². The molecular weight excluding hydrogens is 262 g/mol. The van der Waals surface area contributed by atoms with Crippen molar-refractivity contribution in [3.05, 3.63) is 23.8 Å². The monoisotopic (exact) mass is 282 g/mol. The van der Waals surface area contributed by atoms with Gasteiger partial charge in [0.25, 0.3) is 0 Å². The molecule has 4 nitrogen and oxygen atoms in total. The van der Waals surface area contributed by atoms with Gasteiger partial charge in [-0.3, -0.25) is 0 Å². The highest BCUT2D eigenvalue weighted by molar-refractivity contribution is 8.13. The number of methoxy groups -OCH3 is 2. The summed E-state index contributed by atoms with van der Waals surface area (Å²) in [6.07, 6.45) is 2.10. The molecule has 0 saturated carbocycles. The van der Waals surface area contributed by atoms with Crippen molar-refractivity contribution in [2.75, 3.05) is 46.8 Å². The van der Waals surface area contributed by atoms with E-state index in [1.807, 2.05) is 12.1 Å². The first-order valence-corrected chi connectivity index (χ1v) is 7.48. The van der Waals surface area contributed by atoms with Crippen LogP contribution >= 0.6 is 11.8 Å². The third-order valence-electron chi connectivity index (χ3n) is 3.12. The molecule has 1 aromatic rings. The lowest BCUT2D eigenvalue weighted by molar-refractivity contribution is -0.546. The number of rotatable bonds is 3. The van der Waals surface area contributed by atoms with E-state index >= 15 is 0 Å². The van der Waals surface area contributed by atoms with Crippen molar-refractivity contribution in [1.29, 1.82) is 0 Å². The molecule has 0 aromatic heterocycles. The molecule has 0 bridgehead atoms. The van der Waals surface area contributed by atoms with Crippen molar-refractivity contribution in [2.45, 2.75) is 0 Å². The van der Waals surface area contributed by atoms with Crippen LogP contribution in [0.2, 0.25) is 0 Å². The van der Waals surface area contributed by atoms with Crippen LogP contribution in [-0.2, 0) is 4.74 Å². The molecule has 0 atom stereocenters.